The molecule has 80 valence electrons. The maximum absolute atomic E-state index is 2.40. The summed E-state index contributed by atoms with van der Waals surface area (Å²) in [6, 6.07) is 0. The summed E-state index contributed by atoms with van der Waals surface area (Å²) < 4.78 is 4.79. The lowest BCUT2D eigenvalue weighted by Crippen LogP contribution is -2.36. The van der Waals surface area contributed by atoms with Crippen molar-refractivity contribution in [1.82, 2.24) is 4.57 Å². The van der Waals surface area contributed by atoms with Gasteiger partial charge in [0.15, 0.2) is 0 Å². The van der Waals surface area contributed by atoms with Crippen molar-refractivity contribution in [2.75, 3.05) is 0 Å². The molecule has 14 heavy (non-hydrogen) atoms. The van der Waals surface area contributed by atoms with Crippen molar-refractivity contribution in [2.24, 2.45) is 0 Å². The zero-order chi connectivity index (χ0) is 10.4. The van der Waals surface area contributed by atoms with E-state index >= 15 is 0 Å². The minimum absolute atomic E-state index is 1.14. The lowest BCUT2D eigenvalue weighted by Gasteiger charge is -2.01. The van der Waals surface area contributed by atoms with Crippen LogP contribution in [0.5, 0.6) is 0 Å². The highest BCUT2D eigenvalue weighted by molar-refractivity contribution is 4.82. The lowest BCUT2D eigenvalue weighted by atomic mass is 10.3. The third-order valence-electron chi connectivity index (χ3n) is 2.62. The summed E-state index contributed by atoms with van der Waals surface area (Å²) in [7, 11) is 0. The summed E-state index contributed by atoms with van der Waals surface area (Å²) in [6.45, 7) is 9.05. The van der Waals surface area contributed by atoms with Crippen molar-refractivity contribution in [1.29, 1.82) is 0 Å². The van der Waals surface area contributed by atoms with Gasteiger partial charge in [-0.3, -0.25) is 0 Å². The second kappa shape index (κ2) is 5.84. The van der Waals surface area contributed by atoms with Gasteiger partial charge in [-0.15, -0.1) is 0 Å². The van der Waals surface area contributed by atoms with Crippen LogP contribution in [0, 0.1) is 0 Å². The van der Waals surface area contributed by atoms with E-state index in [9.17, 15) is 0 Å². The van der Waals surface area contributed by atoms with Crippen molar-refractivity contribution < 1.29 is 4.57 Å². The van der Waals surface area contributed by atoms with Gasteiger partial charge < -0.3 is 0 Å². The molecule has 0 aliphatic carbocycles. The predicted molar refractivity (Wildman–Crippen MR) is 59.2 cm³/mol. The minimum atomic E-state index is 1.14. The molecule has 0 aliphatic heterocycles. The van der Waals surface area contributed by atoms with E-state index < -0.39 is 0 Å². The average molecular weight is 195 g/mol. The molecule has 0 amide bonds. The minimum Gasteiger partial charge on any atom is -0.234 e. The molecule has 0 spiro atoms. The molecule has 0 saturated carbocycles. The van der Waals surface area contributed by atoms with Gasteiger partial charge in [-0.05, 0) is 12.8 Å². The largest absolute Gasteiger partial charge is 0.256 e. The van der Waals surface area contributed by atoms with E-state index in [1.165, 1.54) is 31.6 Å². The van der Waals surface area contributed by atoms with Crippen LogP contribution in [0.3, 0.4) is 0 Å². The molecule has 1 rings (SSSR count). The van der Waals surface area contributed by atoms with Crippen LogP contribution >= 0.6 is 0 Å². The van der Waals surface area contributed by atoms with Gasteiger partial charge in [-0.25, -0.2) is 9.13 Å². The van der Waals surface area contributed by atoms with Gasteiger partial charge in [-0.1, -0.05) is 27.2 Å². The fourth-order valence-electron chi connectivity index (χ4n) is 1.88. The van der Waals surface area contributed by atoms with Crippen LogP contribution in [0.1, 0.15) is 45.9 Å². The lowest BCUT2D eigenvalue weighted by molar-refractivity contribution is -0.703. The normalized spacial score (nSPS) is 10.8. The van der Waals surface area contributed by atoms with E-state index in [4.69, 9.17) is 0 Å². The molecule has 0 aromatic carbocycles. The zero-order valence-electron chi connectivity index (χ0n) is 9.79. The molecular weight excluding hydrogens is 172 g/mol. The maximum atomic E-state index is 2.40. The van der Waals surface area contributed by atoms with Gasteiger partial charge in [0.25, 0.3) is 5.82 Å². The van der Waals surface area contributed by atoms with Crippen molar-refractivity contribution >= 4 is 0 Å². The fraction of sp³-hybridized carbons (Fsp3) is 0.750. The number of nitrogens with zero attached hydrogens (tertiary/aromatic N) is 2. The van der Waals surface area contributed by atoms with Crippen LogP contribution in [0.2, 0.25) is 0 Å². The highest BCUT2D eigenvalue weighted by Crippen LogP contribution is 2.01. The van der Waals surface area contributed by atoms with E-state index in [-0.39, 0.29) is 0 Å². The Morgan fingerprint density at radius 1 is 1.21 bits per heavy atom. The Labute approximate surface area is 87.6 Å². The third-order valence-corrected chi connectivity index (χ3v) is 2.62. The van der Waals surface area contributed by atoms with E-state index in [1.54, 1.807) is 0 Å². The van der Waals surface area contributed by atoms with Gasteiger partial charge in [0.1, 0.15) is 12.4 Å². The molecule has 0 saturated heterocycles. The Morgan fingerprint density at radius 2 is 2.00 bits per heavy atom. The SMILES string of the molecule is CCCCn1cc[n+](CCC)c1CC. The summed E-state index contributed by atoms with van der Waals surface area (Å²) in [4.78, 5) is 0. The maximum Gasteiger partial charge on any atom is 0.256 e. The molecule has 0 aliphatic rings. The molecule has 1 heterocycles. The Kier molecular flexibility index (Phi) is 4.71. The Morgan fingerprint density at radius 3 is 2.57 bits per heavy atom. The van der Waals surface area contributed by atoms with Crippen molar-refractivity contribution in [2.45, 2.75) is 59.5 Å². The van der Waals surface area contributed by atoms with Crippen molar-refractivity contribution in [3.63, 3.8) is 0 Å². The summed E-state index contributed by atoms with van der Waals surface area (Å²) in [5, 5.41) is 0. The highest BCUT2D eigenvalue weighted by Gasteiger charge is 2.13. The number of rotatable bonds is 6. The monoisotopic (exact) mass is 195 g/mol. The smallest absolute Gasteiger partial charge is 0.234 e. The van der Waals surface area contributed by atoms with Crippen molar-refractivity contribution in [3.8, 4) is 0 Å². The van der Waals surface area contributed by atoms with Crippen LogP contribution in [0.15, 0.2) is 12.4 Å². The summed E-state index contributed by atoms with van der Waals surface area (Å²) in [5.41, 5.74) is 0. The molecular formula is C12H23N2+. The number of aromatic nitrogens is 2. The molecule has 0 fully saturated rings. The standard InChI is InChI=1S/C12H23N2/c1-4-7-9-14-11-10-13(8-5-2)12(14)6-3/h10-11H,4-9H2,1-3H3/q+1. The van der Waals surface area contributed by atoms with Gasteiger partial charge in [0.2, 0.25) is 0 Å². The molecule has 0 bridgehead atoms. The number of unbranched alkanes of at least 4 members (excludes halogenated alkanes) is 1. The first-order valence-corrected chi connectivity index (χ1v) is 5.90. The van der Waals surface area contributed by atoms with Gasteiger partial charge in [0, 0.05) is 6.42 Å². The number of aryl methyl sites for hydroxylation is 2. The second-order valence-corrected chi connectivity index (χ2v) is 3.81. The third kappa shape index (κ3) is 2.60. The van der Waals surface area contributed by atoms with E-state index in [0.717, 1.165) is 13.0 Å². The van der Waals surface area contributed by atoms with Crippen LogP contribution in [0.4, 0.5) is 0 Å². The summed E-state index contributed by atoms with van der Waals surface area (Å²) in [6.07, 6.45) is 9.36. The Bertz CT molecular complexity index is 263. The van der Waals surface area contributed by atoms with Crippen LogP contribution < -0.4 is 4.57 Å². The van der Waals surface area contributed by atoms with Crippen LogP contribution in [0.25, 0.3) is 0 Å². The molecule has 2 heteroatoms. The van der Waals surface area contributed by atoms with Crippen LogP contribution in [-0.2, 0) is 19.5 Å². The van der Waals surface area contributed by atoms with E-state index in [2.05, 4.69) is 42.3 Å². The number of hydrogen-bond donors (Lipinski definition) is 0. The molecule has 1 aromatic rings. The number of imidazole rings is 1. The van der Waals surface area contributed by atoms with E-state index in [1.807, 2.05) is 0 Å². The van der Waals surface area contributed by atoms with Gasteiger partial charge in [-0.2, -0.15) is 0 Å². The predicted octanol–water partition coefficient (Wildman–Crippen LogP) is 2.55. The van der Waals surface area contributed by atoms with Crippen LogP contribution in [-0.4, -0.2) is 4.57 Å². The summed E-state index contributed by atoms with van der Waals surface area (Å²) in [5.74, 6) is 1.47. The first-order chi connectivity index (χ1) is 6.83. The molecule has 1 aromatic heterocycles. The molecule has 0 atom stereocenters. The highest BCUT2D eigenvalue weighted by atomic mass is 15.1. The van der Waals surface area contributed by atoms with Gasteiger partial charge >= 0.3 is 0 Å². The second-order valence-electron chi connectivity index (χ2n) is 3.81. The first-order valence-electron chi connectivity index (χ1n) is 5.90. The fourth-order valence-corrected chi connectivity index (χ4v) is 1.88. The average Bonchev–Trinajstić information content (AvgIpc) is 2.58. The Balaban J connectivity index is 2.73. The molecule has 0 unspecified atom stereocenters. The van der Waals surface area contributed by atoms with E-state index in [0.29, 0.717) is 0 Å². The molecule has 0 N–H and O–H groups in total. The number of hydrogen-bond acceptors (Lipinski definition) is 0. The first kappa shape index (κ1) is 11.3. The molecule has 0 radical (unpaired) electrons. The molecule has 2 nitrogen and oxygen atoms in total. The van der Waals surface area contributed by atoms with Gasteiger partial charge in [0.05, 0.1) is 13.1 Å². The quantitative estimate of drug-likeness (QED) is 0.617. The topological polar surface area (TPSA) is 8.81 Å². The zero-order valence-corrected chi connectivity index (χ0v) is 9.79. The Hall–Kier alpha value is -0.790. The van der Waals surface area contributed by atoms with Crippen molar-refractivity contribution in [3.05, 3.63) is 18.2 Å². The summed E-state index contributed by atoms with van der Waals surface area (Å²) >= 11 is 0.